The van der Waals surface area contributed by atoms with Gasteiger partial charge in [0.05, 0.1) is 13.1 Å². The molecule has 5 N–H and O–H groups in total. The van der Waals surface area contributed by atoms with E-state index in [1.807, 2.05) is 0 Å². The lowest BCUT2D eigenvalue weighted by atomic mass is 10.4. The van der Waals surface area contributed by atoms with Crippen molar-refractivity contribution in [2.75, 3.05) is 31.5 Å². The number of aliphatic carboxylic acids is 1. The zero-order chi connectivity index (χ0) is 18.4. The molecule has 0 bridgehead atoms. The summed E-state index contributed by atoms with van der Waals surface area (Å²) in [7, 11) is 2.19. The van der Waals surface area contributed by atoms with Crippen LogP contribution in [-0.2, 0) is 16.1 Å². The summed E-state index contributed by atoms with van der Waals surface area (Å²) in [5, 5.41) is 22.9. The maximum Gasteiger partial charge on any atom is 0.323 e. The van der Waals surface area contributed by atoms with Gasteiger partial charge in [-0.3, -0.25) is 24.7 Å². The summed E-state index contributed by atoms with van der Waals surface area (Å²) in [6.07, 6.45) is 1.29. The van der Waals surface area contributed by atoms with E-state index in [2.05, 4.69) is 34.7 Å². The molecule has 0 saturated carbocycles. The molecule has 0 spiro atoms. The molecule has 1 unspecified atom stereocenters. The van der Waals surface area contributed by atoms with Crippen LogP contribution in [0.4, 0.5) is 5.95 Å². The first kappa shape index (κ1) is 18.8. The maximum atomic E-state index is 12.4. The van der Waals surface area contributed by atoms with Crippen LogP contribution in [0.2, 0.25) is 0 Å². The molecule has 0 radical (unpaired) electrons. The summed E-state index contributed by atoms with van der Waals surface area (Å²) >= 11 is 0. The summed E-state index contributed by atoms with van der Waals surface area (Å²) in [6, 6.07) is 0. The largest absolute Gasteiger partial charge is 0.480 e. The monoisotopic (exact) mass is 371 g/mol. The number of carboxylic acids is 1. The smallest absolute Gasteiger partial charge is 0.323 e. The highest BCUT2D eigenvalue weighted by Gasteiger charge is 2.19. The highest BCUT2D eigenvalue weighted by molar-refractivity contribution is 7.18. The van der Waals surface area contributed by atoms with Gasteiger partial charge >= 0.3 is 5.97 Å². The maximum absolute atomic E-state index is 12.4. The van der Waals surface area contributed by atoms with Crippen LogP contribution in [0.5, 0.6) is 0 Å². The molecule has 0 aliphatic heterocycles. The van der Waals surface area contributed by atoms with Crippen molar-refractivity contribution < 1.29 is 19.8 Å². The van der Waals surface area contributed by atoms with Crippen molar-refractivity contribution in [1.29, 1.82) is 0 Å². The van der Waals surface area contributed by atoms with Gasteiger partial charge in [-0.05, 0) is 9.39 Å². The lowest BCUT2D eigenvalue weighted by molar-refractivity contribution is -0.144. The van der Waals surface area contributed by atoms with Crippen molar-refractivity contribution in [2.24, 2.45) is 0 Å². The Hall–Kier alpha value is -2.56. The molecule has 2 aromatic rings. The van der Waals surface area contributed by atoms with Gasteiger partial charge in [0, 0.05) is 13.1 Å². The highest BCUT2D eigenvalue weighted by atomic mass is 31.0. The van der Waals surface area contributed by atoms with E-state index in [9.17, 15) is 14.4 Å². The highest BCUT2D eigenvalue weighted by Crippen LogP contribution is 2.09. The van der Waals surface area contributed by atoms with Crippen molar-refractivity contribution in [2.45, 2.75) is 6.54 Å². The molecule has 0 saturated heterocycles. The fourth-order valence-corrected chi connectivity index (χ4v) is 2.27. The van der Waals surface area contributed by atoms with E-state index >= 15 is 0 Å². The summed E-state index contributed by atoms with van der Waals surface area (Å²) in [6.45, 7) is -0.649. The number of carbonyl (C=O) groups excluding carboxylic acids is 1. The number of aliphatic hydroxyl groups is 1. The normalized spacial score (nSPS) is 10.8. The molecular formula is C12H18N7O5P. The van der Waals surface area contributed by atoms with E-state index in [1.54, 1.807) is 0 Å². The number of nitrogens with one attached hydrogen (secondary N) is 3. The summed E-state index contributed by atoms with van der Waals surface area (Å²) in [5.74, 6) is -1.45. The van der Waals surface area contributed by atoms with Crippen LogP contribution >= 0.6 is 9.39 Å². The van der Waals surface area contributed by atoms with Gasteiger partial charge in [0.25, 0.3) is 5.56 Å². The van der Waals surface area contributed by atoms with Gasteiger partial charge in [0.2, 0.25) is 11.9 Å². The number of aromatic amines is 1. The van der Waals surface area contributed by atoms with Gasteiger partial charge in [-0.1, -0.05) is 0 Å². The molecule has 0 fully saturated rings. The molecule has 0 aliphatic carbocycles. The molecule has 13 heteroatoms. The van der Waals surface area contributed by atoms with Crippen molar-refractivity contribution in [3.8, 4) is 0 Å². The Morgan fingerprint density at radius 1 is 1.44 bits per heavy atom. The van der Waals surface area contributed by atoms with Gasteiger partial charge < -0.3 is 24.8 Å². The van der Waals surface area contributed by atoms with Crippen LogP contribution < -0.4 is 16.0 Å². The lowest BCUT2D eigenvalue weighted by Crippen LogP contribution is -2.41. The van der Waals surface area contributed by atoms with Crippen molar-refractivity contribution in [3.63, 3.8) is 0 Å². The van der Waals surface area contributed by atoms with Crippen LogP contribution in [0.1, 0.15) is 0 Å². The van der Waals surface area contributed by atoms with Crippen LogP contribution in [0.25, 0.3) is 11.2 Å². The van der Waals surface area contributed by atoms with Crippen LogP contribution in [0.3, 0.4) is 0 Å². The van der Waals surface area contributed by atoms with E-state index in [0.717, 1.165) is 4.90 Å². The number of anilines is 1. The van der Waals surface area contributed by atoms with E-state index in [4.69, 9.17) is 10.2 Å². The number of rotatable bonds is 9. The third-order valence-corrected chi connectivity index (χ3v) is 3.54. The molecule has 2 heterocycles. The summed E-state index contributed by atoms with van der Waals surface area (Å²) in [4.78, 5) is 46.9. The Kier molecular flexibility index (Phi) is 6.39. The van der Waals surface area contributed by atoms with Crippen LogP contribution in [-0.4, -0.2) is 72.9 Å². The Morgan fingerprint density at radius 2 is 2.20 bits per heavy atom. The van der Waals surface area contributed by atoms with E-state index in [-0.39, 0.29) is 43.5 Å². The van der Waals surface area contributed by atoms with E-state index in [0.29, 0.717) is 0 Å². The number of hydrogen-bond donors (Lipinski definition) is 5. The summed E-state index contributed by atoms with van der Waals surface area (Å²) < 4.78 is 1.37. The average molecular weight is 371 g/mol. The van der Waals surface area contributed by atoms with Gasteiger partial charge in [-0.2, -0.15) is 4.98 Å². The SMILES string of the molecule is O=C(O)CN(CCNCO)C(=O)Cn1cnc2c(=O)[nH]c(NP)nc21. The number of fused-ring (bicyclic) bond motifs is 1. The minimum Gasteiger partial charge on any atom is -0.480 e. The number of nitrogens with zero attached hydrogens (tertiary/aromatic N) is 4. The second-order valence-electron chi connectivity index (χ2n) is 4.97. The number of carboxylic acid groups (broad SMARTS) is 1. The number of hydrogen-bond acceptors (Lipinski definition) is 8. The number of aromatic nitrogens is 4. The Balaban J connectivity index is 2.22. The van der Waals surface area contributed by atoms with Gasteiger partial charge in [-0.15, -0.1) is 0 Å². The minimum absolute atomic E-state index is 0.0727. The zero-order valence-corrected chi connectivity index (χ0v) is 14.3. The predicted molar refractivity (Wildman–Crippen MR) is 90.8 cm³/mol. The first-order valence-electron chi connectivity index (χ1n) is 7.19. The van der Waals surface area contributed by atoms with Crippen molar-refractivity contribution in [3.05, 3.63) is 16.7 Å². The second-order valence-corrected chi connectivity index (χ2v) is 5.26. The molecule has 12 nitrogen and oxygen atoms in total. The van der Waals surface area contributed by atoms with Gasteiger partial charge in [-0.25, -0.2) is 4.98 Å². The zero-order valence-electron chi connectivity index (χ0n) is 13.1. The number of imidazole rings is 1. The average Bonchev–Trinajstić information content (AvgIpc) is 2.97. The number of H-pyrrole nitrogens is 1. The first-order valence-corrected chi connectivity index (χ1v) is 7.77. The molecule has 2 rings (SSSR count). The van der Waals surface area contributed by atoms with Gasteiger partial charge in [0.15, 0.2) is 11.2 Å². The van der Waals surface area contributed by atoms with Crippen LogP contribution in [0, 0.1) is 0 Å². The number of amides is 1. The Bertz CT molecular complexity index is 820. The molecule has 25 heavy (non-hydrogen) atoms. The third-order valence-electron chi connectivity index (χ3n) is 3.27. The fourth-order valence-electron chi connectivity index (χ4n) is 2.13. The molecule has 2 aromatic heterocycles. The van der Waals surface area contributed by atoms with E-state index < -0.39 is 24.0 Å². The molecular weight excluding hydrogens is 353 g/mol. The topological polar surface area (TPSA) is 165 Å². The van der Waals surface area contributed by atoms with E-state index in [1.165, 1.54) is 10.9 Å². The molecule has 1 amide bonds. The Morgan fingerprint density at radius 3 is 2.84 bits per heavy atom. The molecule has 136 valence electrons. The fraction of sp³-hybridized carbons (Fsp3) is 0.417. The Labute approximate surface area is 143 Å². The lowest BCUT2D eigenvalue weighted by Gasteiger charge is -2.21. The minimum atomic E-state index is -1.16. The number of carbonyl (C=O) groups is 2. The van der Waals surface area contributed by atoms with Crippen LogP contribution in [0.15, 0.2) is 11.1 Å². The standard InChI is InChI=1S/C12H18N7O5P/c20-6-13-1-2-18(4-8(22)23)7(21)3-19-5-14-9-10(19)15-12(17-25)16-11(9)24/h5,13,20H,1-4,6,25H2,(H,22,23)(H2,15,16,17,24). The van der Waals surface area contributed by atoms with Gasteiger partial charge in [0.1, 0.15) is 13.1 Å². The predicted octanol–water partition coefficient (Wildman–Crippen LogP) is -2.23. The molecule has 0 aromatic carbocycles. The van der Waals surface area contributed by atoms with Crippen molar-refractivity contribution in [1.82, 2.24) is 29.7 Å². The molecule has 1 atom stereocenters. The number of aliphatic hydroxyl groups excluding tert-OH is 1. The second kappa shape index (κ2) is 8.51. The quantitative estimate of drug-likeness (QED) is 0.186. The molecule has 0 aliphatic rings. The first-order chi connectivity index (χ1) is 12.0. The third kappa shape index (κ3) is 4.72. The summed E-state index contributed by atoms with van der Waals surface area (Å²) in [5.41, 5.74) is -0.190. The van der Waals surface area contributed by atoms with Crippen molar-refractivity contribution >= 4 is 38.4 Å².